The highest BCUT2D eigenvalue weighted by Gasteiger charge is 2.38. The van der Waals surface area contributed by atoms with Gasteiger partial charge >= 0.3 is 18.3 Å². The van der Waals surface area contributed by atoms with E-state index in [1.807, 2.05) is 18.2 Å². The first kappa shape index (κ1) is 30.9. The number of imidazole rings is 1. The number of aliphatic carboxylic acids is 1. The molecule has 16 heteroatoms. The van der Waals surface area contributed by atoms with E-state index in [9.17, 15) is 31.1 Å². The number of nitrogens with two attached hydrogens (primary N) is 1. The molecule has 0 spiro atoms. The summed E-state index contributed by atoms with van der Waals surface area (Å²) in [6.07, 6.45) is -7.99. The van der Waals surface area contributed by atoms with Crippen LogP contribution in [-0.4, -0.2) is 80.7 Å². The fraction of sp³-hybridized carbons (Fsp3) is 0.308. The number of benzene rings is 2. The SMILES string of the molecule is CN1CCN(Cc2ccc3ncn(-c4nc(-c5cccc(C(F)(F)F)c5)c(C(N)=O)s4)c3c2)CC1.O=C(O)C(F)(F)F. The molecule has 3 heterocycles. The van der Waals surface area contributed by atoms with Gasteiger partial charge in [0, 0.05) is 38.3 Å². The van der Waals surface area contributed by atoms with E-state index in [4.69, 9.17) is 15.6 Å². The molecule has 0 unspecified atom stereocenters. The molecule has 0 saturated carbocycles. The average Bonchev–Trinajstić information content (AvgIpc) is 3.54. The molecule has 1 amide bonds. The highest BCUT2D eigenvalue weighted by molar-refractivity contribution is 7.16. The second-order valence-corrected chi connectivity index (χ2v) is 10.4. The van der Waals surface area contributed by atoms with Crippen LogP contribution in [0.25, 0.3) is 27.4 Å². The number of amides is 1. The third-order valence-corrected chi connectivity index (χ3v) is 7.43. The number of carboxylic acid groups (broad SMARTS) is 1. The molecule has 2 aromatic carbocycles. The second-order valence-electron chi connectivity index (χ2n) is 9.44. The summed E-state index contributed by atoms with van der Waals surface area (Å²) in [4.78, 5) is 34.8. The van der Waals surface area contributed by atoms with Gasteiger partial charge in [0.15, 0.2) is 5.13 Å². The fourth-order valence-electron chi connectivity index (χ4n) is 4.19. The molecule has 0 radical (unpaired) electrons. The predicted molar refractivity (Wildman–Crippen MR) is 142 cm³/mol. The van der Waals surface area contributed by atoms with Gasteiger partial charge in [0.2, 0.25) is 0 Å². The van der Waals surface area contributed by atoms with E-state index in [1.54, 1.807) is 10.9 Å². The number of carbonyl (C=O) groups excluding carboxylic acids is 1. The lowest BCUT2D eigenvalue weighted by Crippen LogP contribution is -2.43. The largest absolute Gasteiger partial charge is 0.490 e. The van der Waals surface area contributed by atoms with E-state index in [0.717, 1.165) is 72.8 Å². The number of aromatic nitrogens is 3. The van der Waals surface area contributed by atoms with Crippen molar-refractivity contribution >= 4 is 34.2 Å². The van der Waals surface area contributed by atoms with Crippen LogP contribution in [0.15, 0.2) is 48.8 Å². The number of halogens is 6. The molecule has 5 rings (SSSR count). The maximum absolute atomic E-state index is 13.2. The Balaban J connectivity index is 0.000000517. The van der Waals surface area contributed by atoms with E-state index in [2.05, 4.69) is 26.8 Å². The Hall–Kier alpha value is -4.02. The first-order valence-corrected chi connectivity index (χ1v) is 13.1. The molecule has 1 aliphatic rings. The molecule has 1 aliphatic heterocycles. The van der Waals surface area contributed by atoms with E-state index in [-0.39, 0.29) is 16.1 Å². The summed E-state index contributed by atoms with van der Waals surface area (Å²) in [7, 11) is 2.12. The zero-order valence-electron chi connectivity index (χ0n) is 21.9. The molecule has 0 aliphatic carbocycles. The summed E-state index contributed by atoms with van der Waals surface area (Å²) >= 11 is 1.03. The maximum atomic E-state index is 13.2. The van der Waals surface area contributed by atoms with Gasteiger partial charge < -0.3 is 15.7 Å². The van der Waals surface area contributed by atoms with Gasteiger partial charge in [0.25, 0.3) is 5.91 Å². The quantitative estimate of drug-likeness (QED) is 0.315. The summed E-state index contributed by atoms with van der Waals surface area (Å²) in [5.41, 5.74) is 7.73. The van der Waals surface area contributed by atoms with Crippen molar-refractivity contribution in [1.82, 2.24) is 24.3 Å². The minimum absolute atomic E-state index is 0.0924. The number of likely N-dealkylation sites (N-methyl/N-ethyl adjacent to an activating group) is 1. The number of hydrogen-bond acceptors (Lipinski definition) is 7. The first-order chi connectivity index (χ1) is 19.6. The summed E-state index contributed by atoms with van der Waals surface area (Å²) in [6, 6.07) is 10.8. The third-order valence-electron chi connectivity index (χ3n) is 6.37. The van der Waals surface area contributed by atoms with Gasteiger partial charge in [0.05, 0.1) is 22.3 Å². The summed E-state index contributed by atoms with van der Waals surface area (Å²) in [5, 5.41) is 7.53. The molecule has 2 aromatic heterocycles. The van der Waals surface area contributed by atoms with Crippen molar-refractivity contribution in [3.63, 3.8) is 0 Å². The number of nitrogens with zero attached hydrogens (tertiary/aromatic N) is 5. The van der Waals surface area contributed by atoms with Gasteiger partial charge in [-0.15, -0.1) is 0 Å². The highest BCUT2D eigenvalue weighted by Crippen LogP contribution is 2.35. The van der Waals surface area contributed by atoms with Gasteiger partial charge in [-0.2, -0.15) is 26.3 Å². The molecule has 3 N–H and O–H groups in total. The minimum atomic E-state index is -5.08. The number of carbonyl (C=O) groups is 2. The highest BCUT2D eigenvalue weighted by atomic mass is 32.1. The minimum Gasteiger partial charge on any atom is -0.475 e. The van der Waals surface area contributed by atoms with Crippen LogP contribution in [0.2, 0.25) is 0 Å². The number of primary amides is 1. The monoisotopic (exact) mass is 614 g/mol. The zero-order valence-corrected chi connectivity index (χ0v) is 22.7. The molecular weight excluding hydrogens is 590 g/mol. The van der Waals surface area contributed by atoms with Crippen molar-refractivity contribution in [1.29, 1.82) is 0 Å². The molecule has 0 atom stereocenters. The van der Waals surface area contributed by atoms with E-state index >= 15 is 0 Å². The number of piperazine rings is 1. The van der Waals surface area contributed by atoms with Crippen molar-refractivity contribution in [2.24, 2.45) is 5.73 Å². The van der Waals surface area contributed by atoms with Gasteiger partial charge in [-0.05, 0) is 36.9 Å². The van der Waals surface area contributed by atoms with Crippen molar-refractivity contribution in [2.75, 3.05) is 33.2 Å². The van der Waals surface area contributed by atoms with Crippen LogP contribution in [-0.2, 0) is 17.5 Å². The maximum Gasteiger partial charge on any atom is 0.490 e. The average molecular weight is 615 g/mol. The number of rotatable bonds is 5. The van der Waals surface area contributed by atoms with Crippen LogP contribution >= 0.6 is 11.3 Å². The molecule has 9 nitrogen and oxygen atoms in total. The van der Waals surface area contributed by atoms with Crippen LogP contribution < -0.4 is 5.73 Å². The Kier molecular flexibility index (Phi) is 8.89. The Labute approximate surface area is 238 Å². The molecule has 42 heavy (non-hydrogen) atoms. The Morgan fingerprint density at radius 2 is 1.69 bits per heavy atom. The second kappa shape index (κ2) is 12.1. The lowest BCUT2D eigenvalue weighted by molar-refractivity contribution is -0.192. The van der Waals surface area contributed by atoms with Crippen molar-refractivity contribution in [2.45, 2.75) is 18.9 Å². The van der Waals surface area contributed by atoms with Crippen LogP contribution in [0.1, 0.15) is 20.8 Å². The van der Waals surface area contributed by atoms with Crippen LogP contribution in [0.5, 0.6) is 0 Å². The van der Waals surface area contributed by atoms with Gasteiger partial charge in [0.1, 0.15) is 11.2 Å². The standard InChI is InChI=1S/C24H23F3N6OS.C2HF3O2/c1-31-7-9-32(10-8-31)13-15-5-6-18-19(11-15)33(14-29-18)23-30-20(21(35-23)22(28)34)16-3-2-4-17(12-16)24(25,26)27;3-2(4,5)1(6)7/h2-6,11-12,14H,7-10,13H2,1H3,(H2,28,34);(H,6,7). The molecule has 1 fully saturated rings. The molecule has 4 aromatic rings. The van der Waals surface area contributed by atoms with Crippen molar-refractivity contribution in [3.8, 4) is 16.4 Å². The Morgan fingerprint density at radius 3 is 2.29 bits per heavy atom. The Morgan fingerprint density at radius 1 is 1.02 bits per heavy atom. The number of fused-ring (bicyclic) bond motifs is 1. The topological polar surface area (TPSA) is 118 Å². The lowest BCUT2D eigenvalue weighted by atomic mass is 10.1. The number of alkyl halides is 6. The van der Waals surface area contributed by atoms with Crippen LogP contribution in [0, 0.1) is 0 Å². The normalized spacial score (nSPS) is 14.9. The number of hydrogen-bond donors (Lipinski definition) is 2. The summed E-state index contributed by atoms with van der Waals surface area (Å²) in [5.74, 6) is -3.51. The summed E-state index contributed by atoms with van der Waals surface area (Å²) < 4.78 is 73.2. The smallest absolute Gasteiger partial charge is 0.475 e. The van der Waals surface area contributed by atoms with E-state index in [0.29, 0.717) is 5.13 Å². The molecule has 224 valence electrons. The van der Waals surface area contributed by atoms with Crippen molar-refractivity contribution in [3.05, 3.63) is 64.8 Å². The number of carboxylic acids is 1. The van der Waals surface area contributed by atoms with Crippen molar-refractivity contribution < 1.29 is 41.0 Å². The fourth-order valence-corrected chi connectivity index (χ4v) is 5.11. The molecular formula is C26H24F6N6O3S. The van der Waals surface area contributed by atoms with Gasteiger partial charge in [-0.25, -0.2) is 14.8 Å². The lowest BCUT2D eigenvalue weighted by Gasteiger charge is -2.32. The first-order valence-electron chi connectivity index (χ1n) is 12.3. The zero-order chi connectivity index (χ0) is 30.8. The van der Waals surface area contributed by atoms with Gasteiger partial charge in [-0.3, -0.25) is 14.3 Å². The molecule has 1 saturated heterocycles. The predicted octanol–water partition coefficient (Wildman–Crippen LogP) is 4.65. The molecule has 0 bridgehead atoms. The van der Waals surface area contributed by atoms with E-state index < -0.39 is 29.8 Å². The van der Waals surface area contributed by atoms with E-state index in [1.165, 1.54) is 12.1 Å². The van der Waals surface area contributed by atoms with Crippen LogP contribution in [0.4, 0.5) is 26.3 Å². The number of thiazole rings is 1. The third kappa shape index (κ3) is 7.24. The Bertz CT molecular complexity index is 1590. The van der Waals surface area contributed by atoms with Gasteiger partial charge in [-0.1, -0.05) is 29.5 Å². The van der Waals surface area contributed by atoms with Crippen LogP contribution in [0.3, 0.4) is 0 Å². The summed E-state index contributed by atoms with van der Waals surface area (Å²) in [6.45, 7) is 4.82.